The maximum Gasteiger partial charge on any atom is 0.304 e. The number of rotatable bonds is 5. The highest BCUT2D eigenvalue weighted by atomic mass is 19.1. The quantitative estimate of drug-likeness (QED) is 0.899. The summed E-state index contributed by atoms with van der Waals surface area (Å²) in [6.45, 7) is 6.44. The number of carboxylic acid groups (broad SMARTS) is 1. The molecule has 0 spiro atoms. The standard InChI is InChI=1S/C15H19FN2O2/c1-15(2,3)18(7-6-14(19)20)10-12-8-11(9-17)4-5-13(12)16/h4-5,8H,6-7,10H2,1-3H3,(H,19,20). The Hall–Kier alpha value is -1.93. The largest absolute Gasteiger partial charge is 0.481 e. The summed E-state index contributed by atoms with van der Waals surface area (Å²) in [6.07, 6.45) is -0.00315. The van der Waals surface area contributed by atoms with E-state index < -0.39 is 5.97 Å². The van der Waals surface area contributed by atoms with Crippen LogP contribution in [-0.2, 0) is 11.3 Å². The zero-order valence-corrected chi connectivity index (χ0v) is 12.0. The second-order valence-electron chi connectivity index (χ2n) is 5.65. The highest BCUT2D eigenvalue weighted by Crippen LogP contribution is 2.20. The van der Waals surface area contributed by atoms with E-state index >= 15 is 0 Å². The molecular formula is C15H19FN2O2. The zero-order chi connectivity index (χ0) is 15.3. The third-order valence-electron chi connectivity index (χ3n) is 3.08. The van der Waals surface area contributed by atoms with Crippen LogP contribution in [0.2, 0.25) is 0 Å². The molecule has 1 N–H and O–H groups in total. The first-order valence-electron chi connectivity index (χ1n) is 6.39. The van der Waals surface area contributed by atoms with Crippen molar-refractivity contribution < 1.29 is 14.3 Å². The van der Waals surface area contributed by atoms with Crippen LogP contribution in [0.3, 0.4) is 0 Å². The number of hydrogen-bond donors (Lipinski definition) is 1. The maximum absolute atomic E-state index is 13.8. The van der Waals surface area contributed by atoms with Crippen molar-refractivity contribution >= 4 is 5.97 Å². The number of benzene rings is 1. The minimum absolute atomic E-state index is 0.00315. The molecule has 1 aromatic carbocycles. The third kappa shape index (κ3) is 4.63. The van der Waals surface area contributed by atoms with Gasteiger partial charge in [0.05, 0.1) is 18.1 Å². The van der Waals surface area contributed by atoms with E-state index in [-0.39, 0.29) is 24.3 Å². The van der Waals surface area contributed by atoms with Crippen molar-refractivity contribution in [3.8, 4) is 6.07 Å². The van der Waals surface area contributed by atoms with Crippen molar-refractivity contribution in [1.82, 2.24) is 4.90 Å². The molecule has 108 valence electrons. The first-order chi connectivity index (χ1) is 9.24. The average molecular weight is 278 g/mol. The maximum atomic E-state index is 13.8. The molecule has 0 aliphatic carbocycles. The van der Waals surface area contributed by atoms with Crippen LogP contribution in [0.5, 0.6) is 0 Å². The normalized spacial score (nSPS) is 11.4. The van der Waals surface area contributed by atoms with E-state index in [4.69, 9.17) is 10.4 Å². The van der Waals surface area contributed by atoms with E-state index in [1.165, 1.54) is 18.2 Å². The molecule has 1 rings (SSSR count). The topological polar surface area (TPSA) is 64.3 Å². The Morgan fingerprint density at radius 2 is 2.10 bits per heavy atom. The van der Waals surface area contributed by atoms with Crippen molar-refractivity contribution in [3.05, 3.63) is 35.1 Å². The van der Waals surface area contributed by atoms with Crippen molar-refractivity contribution in [2.75, 3.05) is 6.54 Å². The number of nitriles is 1. The summed E-state index contributed by atoms with van der Waals surface area (Å²) < 4.78 is 13.8. The molecule has 20 heavy (non-hydrogen) atoms. The van der Waals surface area contributed by atoms with E-state index in [0.29, 0.717) is 17.7 Å². The molecular weight excluding hydrogens is 259 g/mol. The Balaban J connectivity index is 2.95. The summed E-state index contributed by atoms with van der Waals surface area (Å²) in [5, 5.41) is 17.6. The summed E-state index contributed by atoms with van der Waals surface area (Å²) in [7, 11) is 0. The lowest BCUT2D eigenvalue weighted by Crippen LogP contribution is -2.42. The summed E-state index contributed by atoms with van der Waals surface area (Å²) in [5.74, 6) is -1.26. The lowest BCUT2D eigenvalue weighted by Gasteiger charge is -2.35. The molecule has 0 aliphatic rings. The van der Waals surface area contributed by atoms with E-state index in [1.54, 1.807) is 0 Å². The molecule has 0 aromatic heterocycles. The van der Waals surface area contributed by atoms with Gasteiger partial charge in [-0.3, -0.25) is 9.69 Å². The van der Waals surface area contributed by atoms with Gasteiger partial charge >= 0.3 is 5.97 Å². The van der Waals surface area contributed by atoms with Gasteiger partial charge in [0, 0.05) is 24.2 Å². The minimum Gasteiger partial charge on any atom is -0.481 e. The summed E-state index contributed by atoms with van der Waals surface area (Å²) in [5.41, 5.74) is 0.516. The first-order valence-corrected chi connectivity index (χ1v) is 6.39. The Kier molecular flexibility index (Phi) is 5.23. The van der Waals surface area contributed by atoms with Gasteiger partial charge < -0.3 is 5.11 Å². The van der Waals surface area contributed by atoms with Crippen LogP contribution in [0.25, 0.3) is 0 Å². The molecule has 0 amide bonds. The van der Waals surface area contributed by atoms with Crippen LogP contribution in [-0.4, -0.2) is 28.1 Å². The predicted octanol–water partition coefficient (Wildman–Crippen LogP) is 2.77. The van der Waals surface area contributed by atoms with Gasteiger partial charge in [-0.2, -0.15) is 5.26 Å². The molecule has 0 aliphatic heterocycles. The highest BCUT2D eigenvalue weighted by molar-refractivity contribution is 5.66. The van der Waals surface area contributed by atoms with Crippen LogP contribution in [0.15, 0.2) is 18.2 Å². The summed E-state index contributed by atoms with van der Waals surface area (Å²) in [4.78, 5) is 12.6. The lowest BCUT2D eigenvalue weighted by molar-refractivity contribution is -0.137. The molecule has 0 atom stereocenters. The van der Waals surface area contributed by atoms with Gasteiger partial charge in [-0.15, -0.1) is 0 Å². The van der Waals surface area contributed by atoms with Crippen molar-refractivity contribution in [2.45, 2.75) is 39.3 Å². The first kappa shape index (κ1) is 16.1. The molecule has 0 saturated heterocycles. The van der Waals surface area contributed by atoms with Crippen LogP contribution in [0, 0.1) is 17.1 Å². The van der Waals surface area contributed by atoms with Gasteiger partial charge in [-0.05, 0) is 39.0 Å². The van der Waals surface area contributed by atoms with Gasteiger partial charge in [0.15, 0.2) is 0 Å². The number of nitrogens with zero attached hydrogens (tertiary/aromatic N) is 2. The number of carboxylic acids is 1. The van der Waals surface area contributed by atoms with Crippen LogP contribution < -0.4 is 0 Å². The molecule has 0 unspecified atom stereocenters. The number of carbonyl (C=O) groups is 1. The SMILES string of the molecule is CC(C)(C)N(CCC(=O)O)Cc1cc(C#N)ccc1F. The van der Waals surface area contributed by atoms with Gasteiger partial charge in [0.1, 0.15) is 5.82 Å². The van der Waals surface area contributed by atoms with Crippen LogP contribution in [0.4, 0.5) is 4.39 Å². The van der Waals surface area contributed by atoms with Gasteiger partial charge in [0.2, 0.25) is 0 Å². The Morgan fingerprint density at radius 1 is 1.45 bits per heavy atom. The fourth-order valence-electron chi connectivity index (χ4n) is 1.85. The van der Waals surface area contributed by atoms with E-state index in [0.717, 1.165) is 0 Å². The Morgan fingerprint density at radius 3 is 2.60 bits per heavy atom. The molecule has 1 aromatic rings. The molecule has 0 radical (unpaired) electrons. The third-order valence-corrected chi connectivity index (χ3v) is 3.08. The fraction of sp³-hybridized carbons (Fsp3) is 0.467. The number of hydrogen-bond acceptors (Lipinski definition) is 3. The second kappa shape index (κ2) is 6.49. The minimum atomic E-state index is -0.884. The summed E-state index contributed by atoms with van der Waals surface area (Å²) >= 11 is 0. The highest BCUT2D eigenvalue weighted by Gasteiger charge is 2.23. The molecule has 4 nitrogen and oxygen atoms in total. The molecule has 0 fully saturated rings. The lowest BCUT2D eigenvalue weighted by atomic mass is 10.0. The van der Waals surface area contributed by atoms with Crippen molar-refractivity contribution in [2.24, 2.45) is 0 Å². The Labute approximate surface area is 118 Å². The molecule has 0 heterocycles. The Bertz CT molecular complexity index is 530. The van der Waals surface area contributed by atoms with Gasteiger partial charge in [-0.25, -0.2) is 4.39 Å². The van der Waals surface area contributed by atoms with E-state index in [2.05, 4.69) is 0 Å². The smallest absolute Gasteiger partial charge is 0.304 e. The van der Waals surface area contributed by atoms with Crippen molar-refractivity contribution in [1.29, 1.82) is 5.26 Å². The van der Waals surface area contributed by atoms with Gasteiger partial charge in [0.25, 0.3) is 0 Å². The molecule has 5 heteroatoms. The molecule has 0 saturated carbocycles. The fourth-order valence-corrected chi connectivity index (χ4v) is 1.85. The van der Waals surface area contributed by atoms with Gasteiger partial charge in [-0.1, -0.05) is 0 Å². The van der Waals surface area contributed by atoms with Crippen molar-refractivity contribution in [3.63, 3.8) is 0 Å². The zero-order valence-electron chi connectivity index (χ0n) is 12.0. The average Bonchev–Trinajstić information content (AvgIpc) is 2.34. The summed E-state index contributed by atoms with van der Waals surface area (Å²) in [6, 6.07) is 6.18. The number of halogens is 1. The monoisotopic (exact) mass is 278 g/mol. The number of aliphatic carboxylic acids is 1. The van der Waals surface area contributed by atoms with E-state index in [9.17, 15) is 9.18 Å². The second-order valence-corrected chi connectivity index (χ2v) is 5.65. The van der Waals surface area contributed by atoms with Crippen LogP contribution >= 0.6 is 0 Å². The molecule has 0 bridgehead atoms. The van der Waals surface area contributed by atoms with Crippen LogP contribution in [0.1, 0.15) is 38.3 Å². The van der Waals surface area contributed by atoms with E-state index in [1.807, 2.05) is 31.7 Å². The predicted molar refractivity (Wildman–Crippen MR) is 73.5 cm³/mol.